The molecule has 0 aromatic carbocycles. The lowest BCUT2D eigenvalue weighted by Crippen LogP contribution is -1.76. The Bertz CT molecular complexity index is 221. The Kier molecular flexibility index (Phi) is 6.64. The molecule has 1 aromatic heterocycles. The number of carbonyl (C=O) groups is 2. The summed E-state index contributed by atoms with van der Waals surface area (Å²) in [5.41, 5.74) is 0.667. The van der Waals surface area contributed by atoms with Crippen molar-refractivity contribution in [3.05, 3.63) is 30.1 Å². The van der Waals surface area contributed by atoms with E-state index in [1.165, 1.54) is 0 Å². The molecule has 0 N–H and O–H groups in total. The van der Waals surface area contributed by atoms with Gasteiger partial charge in [0.1, 0.15) is 12.6 Å². The fraction of sp³-hybridized carbons (Fsp3) is 0.222. The highest BCUT2D eigenvalue weighted by Crippen LogP contribution is 1.88. The highest BCUT2D eigenvalue weighted by molar-refractivity contribution is 5.73. The van der Waals surface area contributed by atoms with Crippen molar-refractivity contribution < 1.29 is 9.59 Å². The summed E-state index contributed by atoms with van der Waals surface area (Å²) >= 11 is 0. The molecule has 0 atom stereocenters. The molecule has 0 aliphatic carbocycles. The lowest BCUT2D eigenvalue weighted by atomic mass is 10.3. The molecule has 64 valence electrons. The van der Waals surface area contributed by atoms with Crippen molar-refractivity contribution in [1.82, 2.24) is 4.98 Å². The van der Waals surface area contributed by atoms with E-state index in [0.29, 0.717) is 12.0 Å². The minimum Gasteiger partial charge on any atom is -0.303 e. The van der Waals surface area contributed by atoms with Crippen molar-refractivity contribution in [3.63, 3.8) is 0 Å². The number of hydrogen-bond donors (Lipinski definition) is 0. The molecule has 0 aliphatic heterocycles. The molecule has 1 aromatic rings. The second-order valence-corrected chi connectivity index (χ2v) is 1.97. The first kappa shape index (κ1) is 10.5. The molecule has 0 amide bonds. The molecule has 0 spiro atoms. The van der Waals surface area contributed by atoms with Gasteiger partial charge in [0.2, 0.25) is 0 Å². The van der Waals surface area contributed by atoms with Crippen LogP contribution in [0.2, 0.25) is 0 Å². The van der Waals surface area contributed by atoms with Gasteiger partial charge in [0.05, 0.1) is 0 Å². The van der Waals surface area contributed by atoms with E-state index in [0.717, 1.165) is 12.6 Å². The zero-order chi connectivity index (χ0) is 9.23. The van der Waals surface area contributed by atoms with Crippen LogP contribution in [0.1, 0.15) is 23.7 Å². The second kappa shape index (κ2) is 7.60. The van der Waals surface area contributed by atoms with Crippen molar-refractivity contribution >= 4 is 12.6 Å². The van der Waals surface area contributed by atoms with E-state index in [4.69, 9.17) is 0 Å². The van der Waals surface area contributed by atoms with Gasteiger partial charge in [-0.2, -0.15) is 0 Å². The second-order valence-electron chi connectivity index (χ2n) is 1.97. The van der Waals surface area contributed by atoms with Crippen LogP contribution in [0, 0.1) is 0 Å². The van der Waals surface area contributed by atoms with Gasteiger partial charge in [-0.1, -0.05) is 6.92 Å². The van der Waals surface area contributed by atoms with Crippen LogP contribution in [-0.2, 0) is 4.79 Å². The van der Waals surface area contributed by atoms with Crippen LogP contribution >= 0.6 is 0 Å². The summed E-state index contributed by atoms with van der Waals surface area (Å²) in [6.45, 7) is 1.81. The predicted octanol–water partition coefficient (Wildman–Crippen LogP) is 1.49. The van der Waals surface area contributed by atoms with Crippen LogP contribution in [0.3, 0.4) is 0 Å². The first-order valence-corrected chi connectivity index (χ1v) is 3.64. The van der Waals surface area contributed by atoms with Crippen molar-refractivity contribution in [2.75, 3.05) is 0 Å². The highest BCUT2D eigenvalue weighted by Gasteiger charge is 1.80. The standard InChI is InChI=1S/C6H5NO.C3H6O/c8-5-6-1-3-7-4-2-6;1-2-3-4/h1-5H;3H,2H2,1H3. The van der Waals surface area contributed by atoms with Gasteiger partial charge in [0.25, 0.3) is 0 Å². The average Bonchev–Trinajstić information content (AvgIpc) is 2.19. The maximum absolute atomic E-state index is 9.98. The minimum absolute atomic E-state index is 0.639. The largest absolute Gasteiger partial charge is 0.303 e. The Morgan fingerprint density at radius 2 is 1.83 bits per heavy atom. The van der Waals surface area contributed by atoms with Crippen molar-refractivity contribution in [3.8, 4) is 0 Å². The molecule has 0 saturated carbocycles. The monoisotopic (exact) mass is 165 g/mol. The Balaban J connectivity index is 0.000000261. The van der Waals surface area contributed by atoms with Crippen LogP contribution in [0.4, 0.5) is 0 Å². The molecule has 1 heterocycles. The maximum atomic E-state index is 9.98. The molecule has 1 rings (SSSR count). The van der Waals surface area contributed by atoms with E-state index < -0.39 is 0 Å². The lowest BCUT2D eigenvalue weighted by Gasteiger charge is -1.81. The van der Waals surface area contributed by atoms with Crippen LogP contribution < -0.4 is 0 Å². The van der Waals surface area contributed by atoms with Gasteiger partial charge >= 0.3 is 0 Å². The maximum Gasteiger partial charge on any atom is 0.150 e. The van der Waals surface area contributed by atoms with Crippen LogP contribution in [-0.4, -0.2) is 17.6 Å². The molecule has 0 aliphatic rings. The summed E-state index contributed by atoms with van der Waals surface area (Å²) in [6, 6.07) is 3.32. The number of hydrogen-bond acceptors (Lipinski definition) is 3. The van der Waals surface area contributed by atoms with Gasteiger partial charge in [-0.25, -0.2) is 0 Å². The lowest BCUT2D eigenvalue weighted by molar-refractivity contribution is -0.107. The highest BCUT2D eigenvalue weighted by atomic mass is 16.1. The van der Waals surface area contributed by atoms with Gasteiger partial charge < -0.3 is 4.79 Å². The predicted molar refractivity (Wildman–Crippen MR) is 46.0 cm³/mol. The van der Waals surface area contributed by atoms with E-state index in [-0.39, 0.29) is 0 Å². The molecule has 0 bridgehead atoms. The number of pyridine rings is 1. The smallest absolute Gasteiger partial charge is 0.150 e. The summed E-state index contributed by atoms with van der Waals surface area (Å²) in [6.07, 6.45) is 5.48. The van der Waals surface area contributed by atoms with E-state index in [9.17, 15) is 9.59 Å². The van der Waals surface area contributed by atoms with E-state index >= 15 is 0 Å². The topological polar surface area (TPSA) is 47.0 Å². The Morgan fingerprint density at radius 3 is 2.08 bits per heavy atom. The fourth-order valence-corrected chi connectivity index (χ4v) is 0.442. The normalized spacial score (nSPS) is 7.75. The molecule has 3 nitrogen and oxygen atoms in total. The summed E-state index contributed by atoms with van der Waals surface area (Å²) in [5, 5.41) is 0. The Labute approximate surface area is 71.4 Å². The number of nitrogens with zero attached hydrogens (tertiary/aromatic N) is 1. The molecular formula is C9H11NO2. The first-order valence-electron chi connectivity index (χ1n) is 3.64. The summed E-state index contributed by atoms with van der Waals surface area (Å²) in [7, 11) is 0. The molecule has 0 unspecified atom stereocenters. The first-order chi connectivity index (χ1) is 5.85. The van der Waals surface area contributed by atoms with Crippen molar-refractivity contribution in [2.45, 2.75) is 13.3 Å². The third-order valence-electron chi connectivity index (χ3n) is 1.01. The van der Waals surface area contributed by atoms with Crippen LogP contribution in [0.15, 0.2) is 24.5 Å². The quantitative estimate of drug-likeness (QED) is 0.624. The van der Waals surface area contributed by atoms with Gasteiger partial charge in [-0.15, -0.1) is 0 Å². The van der Waals surface area contributed by atoms with Crippen molar-refractivity contribution in [2.24, 2.45) is 0 Å². The summed E-state index contributed by atoms with van der Waals surface area (Å²) < 4.78 is 0. The third-order valence-corrected chi connectivity index (χ3v) is 1.01. The van der Waals surface area contributed by atoms with Gasteiger partial charge in [0.15, 0.2) is 0 Å². The van der Waals surface area contributed by atoms with Gasteiger partial charge in [-0.05, 0) is 12.1 Å². The molecule has 0 radical (unpaired) electrons. The fourth-order valence-electron chi connectivity index (χ4n) is 0.442. The summed E-state index contributed by atoms with van der Waals surface area (Å²) in [5.74, 6) is 0. The van der Waals surface area contributed by atoms with Crippen molar-refractivity contribution in [1.29, 1.82) is 0 Å². The Morgan fingerprint density at radius 1 is 1.33 bits per heavy atom. The number of carbonyl (C=O) groups excluding carboxylic acids is 2. The molecular weight excluding hydrogens is 154 g/mol. The molecule has 0 saturated heterocycles. The van der Waals surface area contributed by atoms with Crippen LogP contribution in [0.25, 0.3) is 0 Å². The Hall–Kier alpha value is -1.51. The van der Waals surface area contributed by atoms with E-state index in [1.54, 1.807) is 24.5 Å². The van der Waals surface area contributed by atoms with Gasteiger partial charge in [0, 0.05) is 24.4 Å². The molecule has 12 heavy (non-hydrogen) atoms. The zero-order valence-electron chi connectivity index (χ0n) is 6.93. The number of rotatable bonds is 2. The van der Waals surface area contributed by atoms with E-state index in [1.807, 2.05) is 6.92 Å². The van der Waals surface area contributed by atoms with Crippen LogP contribution in [0.5, 0.6) is 0 Å². The minimum atomic E-state index is 0.639. The number of aromatic nitrogens is 1. The molecule has 3 heteroatoms. The summed E-state index contributed by atoms with van der Waals surface area (Å²) in [4.78, 5) is 22.9. The third kappa shape index (κ3) is 5.29. The average molecular weight is 165 g/mol. The molecule has 0 fully saturated rings. The van der Waals surface area contributed by atoms with E-state index in [2.05, 4.69) is 4.98 Å². The van der Waals surface area contributed by atoms with Gasteiger partial charge in [-0.3, -0.25) is 9.78 Å². The SMILES string of the molecule is CCC=O.O=Cc1ccncc1. The zero-order valence-corrected chi connectivity index (χ0v) is 6.93. The number of aldehydes is 2.